The van der Waals surface area contributed by atoms with Gasteiger partial charge in [-0.05, 0) is 85.3 Å². The minimum absolute atomic E-state index is 0.184. The van der Waals surface area contributed by atoms with Gasteiger partial charge in [-0.1, -0.05) is 42.5 Å². The second-order valence-corrected chi connectivity index (χ2v) is 7.74. The summed E-state index contributed by atoms with van der Waals surface area (Å²) < 4.78 is 39.7. The van der Waals surface area contributed by atoms with Crippen molar-refractivity contribution in [2.45, 2.75) is 33.1 Å². The van der Waals surface area contributed by atoms with Crippen molar-refractivity contribution in [3.8, 4) is 5.75 Å². The Morgan fingerprint density at radius 1 is 0.742 bits per heavy atom. The molecule has 2 aliphatic rings. The standard InChI is InChI=1S/C13H17N.C12H12F3NO/c1-10-3-4-13(9-11(10)2)12-5-7-14-8-6-12;13-12(14,15)17-11-3-1-9(2-4-11)10-5-7-16-8-6-10/h3-5,9,14H,6-8H2,1-2H3;1-5,16H,6-8H2. The normalized spacial score (nSPS) is 16.5. The van der Waals surface area contributed by atoms with Crippen molar-refractivity contribution < 1.29 is 17.9 Å². The highest BCUT2D eigenvalue weighted by molar-refractivity contribution is 5.68. The van der Waals surface area contributed by atoms with Crippen LogP contribution >= 0.6 is 0 Å². The molecule has 0 saturated carbocycles. The third-order valence-corrected chi connectivity index (χ3v) is 5.46. The average Bonchev–Trinajstić information content (AvgIpc) is 2.77. The summed E-state index contributed by atoms with van der Waals surface area (Å²) in [4.78, 5) is 0. The third kappa shape index (κ3) is 7.26. The molecule has 31 heavy (non-hydrogen) atoms. The molecule has 2 aromatic rings. The molecule has 0 fully saturated rings. The van der Waals surface area contributed by atoms with E-state index in [4.69, 9.17) is 0 Å². The summed E-state index contributed by atoms with van der Waals surface area (Å²) in [6, 6.07) is 12.7. The molecule has 166 valence electrons. The fourth-order valence-corrected chi connectivity index (χ4v) is 3.58. The van der Waals surface area contributed by atoms with Gasteiger partial charge in [0, 0.05) is 13.1 Å². The molecule has 0 spiro atoms. The van der Waals surface area contributed by atoms with E-state index in [1.807, 2.05) is 6.08 Å². The molecule has 0 amide bonds. The van der Waals surface area contributed by atoms with Gasteiger partial charge in [-0.2, -0.15) is 0 Å². The summed E-state index contributed by atoms with van der Waals surface area (Å²) in [6.45, 7) is 8.17. The molecule has 2 N–H and O–H groups in total. The van der Waals surface area contributed by atoms with Crippen molar-refractivity contribution in [2.24, 2.45) is 0 Å². The Hall–Kier alpha value is -2.57. The van der Waals surface area contributed by atoms with Crippen LogP contribution in [0.4, 0.5) is 13.2 Å². The number of ether oxygens (including phenoxy) is 1. The summed E-state index contributed by atoms with van der Waals surface area (Å²) in [5.74, 6) is -0.184. The first-order valence-corrected chi connectivity index (χ1v) is 10.5. The Morgan fingerprint density at radius 2 is 1.29 bits per heavy atom. The molecule has 0 bridgehead atoms. The van der Waals surface area contributed by atoms with E-state index in [0.717, 1.165) is 50.2 Å². The van der Waals surface area contributed by atoms with Gasteiger partial charge in [-0.3, -0.25) is 0 Å². The first-order valence-electron chi connectivity index (χ1n) is 10.5. The van der Waals surface area contributed by atoms with Crippen molar-refractivity contribution in [2.75, 3.05) is 26.2 Å². The number of rotatable bonds is 3. The molecule has 2 aromatic carbocycles. The highest BCUT2D eigenvalue weighted by Gasteiger charge is 2.30. The summed E-state index contributed by atoms with van der Waals surface area (Å²) in [7, 11) is 0. The van der Waals surface area contributed by atoms with Gasteiger partial charge < -0.3 is 15.4 Å². The first-order chi connectivity index (χ1) is 14.8. The number of alkyl halides is 3. The minimum Gasteiger partial charge on any atom is -0.406 e. The van der Waals surface area contributed by atoms with Crippen LogP contribution in [0, 0.1) is 13.8 Å². The SMILES string of the molecule is Cc1ccc(C2=CCNCC2)cc1C.FC(F)(F)Oc1ccc(C2=CCNCC2)cc1. The van der Waals surface area contributed by atoms with E-state index in [1.165, 1.54) is 34.4 Å². The molecule has 3 nitrogen and oxygen atoms in total. The number of halogens is 3. The van der Waals surface area contributed by atoms with E-state index < -0.39 is 6.36 Å². The maximum Gasteiger partial charge on any atom is 0.573 e. The van der Waals surface area contributed by atoms with Gasteiger partial charge in [0.25, 0.3) is 0 Å². The van der Waals surface area contributed by atoms with Crippen LogP contribution in [-0.2, 0) is 0 Å². The van der Waals surface area contributed by atoms with E-state index in [9.17, 15) is 13.2 Å². The smallest absolute Gasteiger partial charge is 0.406 e. The van der Waals surface area contributed by atoms with Crippen LogP contribution in [0.5, 0.6) is 5.75 Å². The number of hydrogen-bond acceptors (Lipinski definition) is 3. The first kappa shape index (κ1) is 23.1. The Bertz CT molecular complexity index is 931. The average molecular weight is 431 g/mol. The second kappa shape index (κ2) is 10.6. The molecular formula is C25H29F3N2O. The Morgan fingerprint density at radius 3 is 1.77 bits per heavy atom. The lowest BCUT2D eigenvalue weighted by molar-refractivity contribution is -0.274. The topological polar surface area (TPSA) is 33.3 Å². The van der Waals surface area contributed by atoms with E-state index >= 15 is 0 Å². The fourth-order valence-electron chi connectivity index (χ4n) is 3.58. The molecule has 2 heterocycles. The molecule has 0 aromatic heterocycles. The maximum absolute atomic E-state index is 12.0. The molecule has 0 atom stereocenters. The van der Waals surface area contributed by atoms with E-state index in [-0.39, 0.29) is 5.75 Å². The lowest BCUT2D eigenvalue weighted by Crippen LogP contribution is -2.20. The predicted molar refractivity (Wildman–Crippen MR) is 120 cm³/mol. The minimum atomic E-state index is -4.63. The van der Waals surface area contributed by atoms with E-state index in [1.54, 1.807) is 12.1 Å². The van der Waals surface area contributed by atoms with Gasteiger partial charge in [-0.15, -0.1) is 13.2 Å². The monoisotopic (exact) mass is 430 g/mol. The molecule has 2 aliphatic heterocycles. The van der Waals surface area contributed by atoms with Gasteiger partial charge in [-0.25, -0.2) is 0 Å². The van der Waals surface area contributed by atoms with Crippen molar-refractivity contribution in [1.29, 1.82) is 0 Å². The number of aryl methyl sites for hydroxylation is 2. The van der Waals surface area contributed by atoms with Crippen LogP contribution in [0.15, 0.2) is 54.6 Å². The molecule has 0 radical (unpaired) electrons. The zero-order valence-corrected chi connectivity index (χ0v) is 18.0. The summed E-state index contributed by atoms with van der Waals surface area (Å²) in [5.41, 5.74) is 7.76. The van der Waals surface area contributed by atoms with E-state index in [2.05, 4.69) is 53.5 Å². The maximum atomic E-state index is 12.0. The number of hydrogen-bond donors (Lipinski definition) is 2. The van der Waals surface area contributed by atoms with Crippen LogP contribution in [-0.4, -0.2) is 32.5 Å². The Balaban J connectivity index is 0.000000179. The van der Waals surface area contributed by atoms with Crippen LogP contribution in [0.2, 0.25) is 0 Å². The van der Waals surface area contributed by atoms with Crippen LogP contribution < -0.4 is 15.4 Å². The van der Waals surface area contributed by atoms with Gasteiger partial charge in [0.2, 0.25) is 0 Å². The van der Waals surface area contributed by atoms with Crippen molar-refractivity contribution in [3.63, 3.8) is 0 Å². The van der Waals surface area contributed by atoms with Gasteiger partial charge >= 0.3 is 6.36 Å². The molecule has 0 aliphatic carbocycles. The van der Waals surface area contributed by atoms with Crippen molar-refractivity contribution in [3.05, 3.63) is 76.9 Å². The summed E-state index contributed by atoms with van der Waals surface area (Å²) in [5, 5.41) is 6.51. The zero-order chi connectivity index (χ0) is 22.3. The third-order valence-electron chi connectivity index (χ3n) is 5.46. The van der Waals surface area contributed by atoms with Crippen molar-refractivity contribution in [1.82, 2.24) is 10.6 Å². The van der Waals surface area contributed by atoms with Gasteiger partial charge in [0.05, 0.1) is 0 Å². The molecular weight excluding hydrogens is 401 g/mol. The van der Waals surface area contributed by atoms with Gasteiger partial charge in [0.1, 0.15) is 5.75 Å². The molecule has 0 unspecified atom stereocenters. The predicted octanol–water partition coefficient (Wildman–Crippen LogP) is 5.64. The second-order valence-electron chi connectivity index (χ2n) is 7.74. The Labute approximate surface area is 182 Å². The lowest BCUT2D eigenvalue weighted by Gasteiger charge is -2.15. The largest absolute Gasteiger partial charge is 0.573 e. The highest BCUT2D eigenvalue weighted by atomic mass is 19.4. The number of benzene rings is 2. The highest BCUT2D eigenvalue weighted by Crippen LogP contribution is 2.26. The van der Waals surface area contributed by atoms with Crippen molar-refractivity contribution >= 4 is 11.1 Å². The fraction of sp³-hybridized carbons (Fsp3) is 0.360. The number of nitrogens with one attached hydrogen (secondary N) is 2. The lowest BCUT2D eigenvalue weighted by atomic mass is 9.97. The van der Waals surface area contributed by atoms with Gasteiger partial charge in [0.15, 0.2) is 0 Å². The summed E-state index contributed by atoms with van der Waals surface area (Å²) >= 11 is 0. The summed E-state index contributed by atoms with van der Waals surface area (Å²) in [6.07, 6.45) is 1.76. The molecule has 6 heteroatoms. The quantitative estimate of drug-likeness (QED) is 0.661. The Kier molecular flexibility index (Phi) is 7.93. The van der Waals surface area contributed by atoms with Crippen LogP contribution in [0.1, 0.15) is 35.1 Å². The van der Waals surface area contributed by atoms with Crippen LogP contribution in [0.25, 0.3) is 11.1 Å². The zero-order valence-electron chi connectivity index (χ0n) is 18.0. The molecule has 0 saturated heterocycles. The van der Waals surface area contributed by atoms with E-state index in [0.29, 0.717) is 0 Å². The molecule has 4 rings (SSSR count). The van der Waals surface area contributed by atoms with Crippen LogP contribution in [0.3, 0.4) is 0 Å².